The minimum absolute atomic E-state index is 0.0370. The SMILES string of the molecule is COCCc1nsc(N2CCOC(c3ccco3)C2)n1. The maximum absolute atomic E-state index is 5.75. The van der Waals surface area contributed by atoms with Crippen molar-refractivity contribution in [1.82, 2.24) is 9.36 Å². The Kier molecular flexibility index (Phi) is 4.29. The number of morpholine rings is 1. The molecule has 0 amide bonds. The second-order valence-electron chi connectivity index (χ2n) is 4.56. The number of anilines is 1. The third-order valence-corrected chi connectivity index (χ3v) is 4.00. The van der Waals surface area contributed by atoms with Crippen LogP contribution in [0.3, 0.4) is 0 Å². The normalized spacial score (nSPS) is 19.4. The summed E-state index contributed by atoms with van der Waals surface area (Å²) in [5, 5.41) is 0.941. The van der Waals surface area contributed by atoms with E-state index in [0.717, 1.165) is 36.2 Å². The molecular weight excluding hydrogens is 278 g/mol. The first-order chi connectivity index (χ1) is 9.86. The highest BCUT2D eigenvalue weighted by atomic mass is 32.1. The van der Waals surface area contributed by atoms with Crippen molar-refractivity contribution in [2.75, 3.05) is 38.3 Å². The van der Waals surface area contributed by atoms with Gasteiger partial charge in [0.25, 0.3) is 0 Å². The van der Waals surface area contributed by atoms with Crippen LogP contribution in [0.4, 0.5) is 5.13 Å². The molecule has 0 N–H and O–H groups in total. The van der Waals surface area contributed by atoms with Gasteiger partial charge in [-0.1, -0.05) is 0 Å². The number of rotatable bonds is 5. The Bertz CT molecular complexity index is 529. The number of hydrogen-bond donors (Lipinski definition) is 0. The lowest BCUT2D eigenvalue weighted by Crippen LogP contribution is -2.38. The summed E-state index contributed by atoms with van der Waals surface area (Å²) in [6, 6.07) is 3.82. The van der Waals surface area contributed by atoms with Crippen LogP contribution in [0.1, 0.15) is 17.7 Å². The van der Waals surface area contributed by atoms with Crippen molar-refractivity contribution in [3.8, 4) is 0 Å². The average molecular weight is 295 g/mol. The Hall–Kier alpha value is -1.44. The number of ether oxygens (including phenoxy) is 2. The molecule has 3 rings (SSSR count). The summed E-state index contributed by atoms with van der Waals surface area (Å²) in [6.07, 6.45) is 2.38. The van der Waals surface area contributed by atoms with Crippen LogP contribution in [-0.4, -0.2) is 42.8 Å². The third-order valence-electron chi connectivity index (χ3n) is 3.18. The molecule has 0 aromatic carbocycles. The first kappa shape index (κ1) is 13.5. The monoisotopic (exact) mass is 295 g/mol. The van der Waals surface area contributed by atoms with Crippen LogP contribution in [0.25, 0.3) is 0 Å². The third kappa shape index (κ3) is 3.00. The van der Waals surface area contributed by atoms with E-state index in [1.54, 1.807) is 13.4 Å². The fourth-order valence-electron chi connectivity index (χ4n) is 2.14. The van der Waals surface area contributed by atoms with Crippen molar-refractivity contribution < 1.29 is 13.9 Å². The van der Waals surface area contributed by atoms with Crippen LogP contribution in [0, 0.1) is 0 Å². The van der Waals surface area contributed by atoms with E-state index in [9.17, 15) is 0 Å². The smallest absolute Gasteiger partial charge is 0.205 e. The molecule has 2 aromatic rings. The van der Waals surface area contributed by atoms with Gasteiger partial charge in [0.05, 0.1) is 26.0 Å². The van der Waals surface area contributed by atoms with Gasteiger partial charge in [0.2, 0.25) is 5.13 Å². The second-order valence-corrected chi connectivity index (χ2v) is 5.29. The number of furan rings is 1. The molecule has 1 aliphatic rings. The van der Waals surface area contributed by atoms with Gasteiger partial charge in [-0.15, -0.1) is 0 Å². The zero-order valence-electron chi connectivity index (χ0n) is 11.3. The van der Waals surface area contributed by atoms with Crippen LogP contribution in [0.5, 0.6) is 0 Å². The van der Waals surface area contributed by atoms with Gasteiger partial charge in [0.15, 0.2) is 0 Å². The fourth-order valence-corrected chi connectivity index (χ4v) is 2.88. The van der Waals surface area contributed by atoms with Gasteiger partial charge in [-0.05, 0) is 12.1 Å². The van der Waals surface area contributed by atoms with Gasteiger partial charge in [0.1, 0.15) is 17.7 Å². The highest BCUT2D eigenvalue weighted by Gasteiger charge is 2.26. The molecule has 0 radical (unpaired) electrons. The molecule has 0 bridgehead atoms. The molecule has 0 spiro atoms. The first-order valence-electron chi connectivity index (χ1n) is 6.58. The van der Waals surface area contributed by atoms with Gasteiger partial charge < -0.3 is 18.8 Å². The summed E-state index contributed by atoms with van der Waals surface area (Å²) in [5.74, 6) is 1.70. The lowest BCUT2D eigenvalue weighted by Gasteiger charge is -2.31. The zero-order valence-corrected chi connectivity index (χ0v) is 12.1. The van der Waals surface area contributed by atoms with Gasteiger partial charge in [-0.3, -0.25) is 0 Å². The lowest BCUT2D eigenvalue weighted by molar-refractivity contribution is 0.0257. The van der Waals surface area contributed by atoms with Crippen molar-refractivity contribution in [2.45, 2.75) is 12.5 Å². The van der Waals surface area contributed by atoms with Crippen molar-refractivity contribution >= 4 is 16.7 Å². The van der Waals surface area contributed by atoms with Gasteiger partial charge >= 0.3 is 0 Å². The maximum Gasteiger partial charge on any atom is 0.205 e. The van der Waals surface area contributed by atoms with Crippen molar-refractivity contribution in [1.29, 1.82) is 0 Å². The summed E-state index contributed by atoms with van der Waals surface area (Å²) in [4.78, 5) is 6.75. The molecule has 6 nitrogen and oxygen atoms in total. The standard InChI is InChI=1S/C13H17N3O3S/c1-17-7-4-12-14-13(20-15-12)16-5-8-19-11(9-16)10-3-2-6-18-10/h2-3,6,11H,4-5,7-9H2,1H3. The summed E-state index contributed by atoms with van der Waals surface area (Å²) in [5.41, 5.74) is 0. The molecular formula is C13H17N3O3S. The molecule has 1 unspecified atom stereocenters. The van der Waals surface area contributed by atoms with Crippen molar-refractivity contribution in [2.24, 2.45) is 0 Å². The Morgan fingerprint density at radius 3 is 3.30 bits per heavy atom. The molecule has 1 saturated heterocycles. The average Bonchev–Trinajstić information content (AvgIpc) is 3.17. The Balaban J connectivity index is 1.66. The number of hydrogen-bond acceptors (Lipinski definition) is 7. The van der Waals surface area contributed by atoms with E-state index < -0.39 is 0 Å². The van der Waals surface area contributed by atoms with Crippen LogP contribution < -0.4 is 4.90 Å². The van der Waals surface area contributed by atoms with Gasteiger partial charge in [-0.2, -0.15) is 4.37 Å². The van der Waals surface area contributed by atoms with Crippen LogP contribution in [0.15, 0.2) is 22.8 Å². The van der Waals surface area contributed by atoms with E-state index >= 15 is 0 Å². The molecule has 1 aliphatic heterocycles. The molecule has 0 saturated carbocycles. The van der Waals surface area contributed by atoms with Crippen LogP contribution >= 0.6 is 11.5 Å². The lowest BCUT2D eigenvalue weighted by atomic mass is 10.2. The number of nitrogens with zero attached hydrogens (tertiary/aromatic N) is 3. The second kappa shape index (κ2) is 6.34. The molecule has 7 heteroatoms. The predicted molar refractivity (Wildman–Crippen MR) is 75.1 cm³/mol. The highest BCUT2D eigenvalue weighted by molar-refractivity contribution is 7.09. The van der Waals surface area contributed by atoms with E-state index in [4.69, 9.17) is 13.9 Å². The van der Waals surface area contributed by atoms with E-state index in [0.29, 0.717) is 13.2 Å². The Morgan fingerprint density at radius 1 is 1.55 bits per heavy atom. The minimum atomic E-state index is -0.0370. The number of aromatic nitrogens is 2. The zero-order chi connectivity index (χ0) is 13.8. The van der Waals surface area contributed by atoms with E-state index in [2.05, 4.69) is 14.3 Å². The van der Waals surface area contributed by atoms with Gasteiger partial charge in [0, 0.05) is 31.6 Å². The van der Waals surface area contributed by atoms with E-state index in [1.165, 1.54) is 11.5 Å². The summed E-state index contributed by atoms with van der Waals surface area (Å²) < 4.78 is 20.6. The Morgan fingerprint density at radius 2 is 2.50 bits per heavy atom. The predicted octanol–water partition coefficient (Wildman–Crippen LogP) is 1.90. The van der Waals surface area contributed by atoms with Crippen molar-refractivity contribution in [3.63, 3.8) is 0 Å². The summed E-state index contributed by atoms with van der Waals surface area (Å²) in [7, 11) is 1.68. The van der Waals surface area contributed by atoms with E-state index in [1.807, 2.05) is 12.1 Å². The molecule has 0 aliphatic carbocycles. The van der Waals surface area contributed by atoms with E-state index in [-0.39, 0.29) is 6.10 Å². The fraction of sp³-hybridized carbons (Fsp3) is 0.538. The van der Waals surface area contributed by atoms with Crippen LogP contribution in [-0.2, 0) is 15.9 Å². The largest absolute Gasteiger partial charge is 0.467 e. The molecule has 1 fully saturated rings. The van der Waals surface area contributed by atoms with Crippen molar-refractivity contribution in [3.05, 3.63) is 30.0 Å². The minimum Gasteiger partial charge on any atom is -0.467 e. The van der Waals surface area contributed by atoms with Gasteiger partial charge in [-0.25, -0.2) is 4.98 Å². The highest BCUT2D eigenvalue weighted by Crippen LogP contribution is 2.27. The quantitative estimate of drug-likeness (QED) is 0.839. The van der Waals surface area contributed by atoms with Crippen LogP contribution in [0.2, 0.25) is 0 Å². The maximum atomic E-state index is 5.75. The summed E-state index contributed by atoms with van der Waals surface area (Å²) >= 11 is 1.43. The molecule has 20 heavy (non-hydrogen) atoms. The molecule has 2 aromatic heterocycles. The summed E-state index contributed by atoms with van der Waals surface area (Å²) in [6.45, 7) is 2.88. The Labute approximate surface area is 121 Å². The molecule has 108 valence electrons. The first-order valence-corrected chi connectivity index (χ1v) is 7.35. The molecule has 3 heterocycles. The molecule has 1 atom stereocenters. The number of methoxy groups -OCH3 is 1. The topological polar surface area (TPSA) is 60.6 Å².